The maximum Gasteiger partial charge on any atom is 0.284 e. The van der Waals surface area contributed by atoms with Crippen LogP contribution in [0.3, 0.4) is 0 Å². The first-order chi connectivity index (χ1) is 6.60. The van der Waals surface area contributed by atoms with Gasteiger partial charge in [-0.25, -0.2) is 13.8 Å². The summed E-state index contributed by atoms with van der Waals surface area (Å²) in [7, 11) is 1.24. The largest absolute Gasteiger partial charge is 0.493 e. The third-order valence-corrected chi connectivity index (χ3v) is 1.66. The van der Waals surface area contributed by atoms with Gasteiger partial charge in [-0.05, 0) is 13.0 Å². The van der Waals surface area contributed by atoms with E-state index in [1.807, 2.05) is 0 Å². The lowest BCUT2D eigenvalue weighted by atomic mass is 10.2. The molecule has 0 radical (unpaired) electrons. The summed E-state index contributed by atoms with van der Waals surface area (Å²) < 4.78 is 29.6. The van der Waals surface area contributed by atoms with Gasteiger partial charge < -0.3 is 4.74 Å². The number of hydrogen-bond donors (Lipinski definition) is 0. The Bertz CT molecular complexity index is 385. The van der Waals surface area contributed by atoms with E-state index < -0.39 is 12.1 Å². The van der Waals surface area contributed by atoms with Gasteiger partial charge in [0.25, 0.3) is 6.43 Å². The molecule has 0 aliphatic rings. The molecule has 0 amide bonds. The van der Waals surface area contributed by atoms with Crippen molar-refractivity contribution < 1.29 is 13.5 Å². The molecule has 0 saturated carbocycles. The van der Waals surface area contributed by atoms with Gasteiger partial charge in [0.1, 0.15) is 11.8 Å². The molecule has 3 nitrogen and oxygen atoms in total. The van der Waals surface area contributed by atoms with Crippen LogP contribution in [0.25, 0.3) is 0 Å². The number of nitriles is 1. The molecule has 1 aromatic heterocycles. The van der Waals surface area contributed by atoms with Crippen LogP contribution in [0.1, 0.15) is 23.4 Å². The highest BCUT2D eigenvalue weighted by molar-refractivity contribution is 5.47. The van der Waals surface area contributed by atoms with Crippen molar-refractivity contribution in [3.05, 3.63) is 23.0 Å². The minimum Gasteiger partial charge on any atom is -0.493 e. The van der Waals surface area contributed by atoms with E-state index in [9.17, 15) is 8.78 Å². The fourth-order valence-electron chi connectivity index (χ4n) is 1.13. The summed E-state index contributed by atoms with van der Waals surface area (Å²) in [5.41, 5.74) is -0.0306. The molecule has 1 aromatic rings. The second kappa shape index (κ2) is 4.01. The van der Waals surface area contributed by atoms with E-state index in [1.54, 1.807) is 13.0 Å². The summed E-state index contributed by atoms with van der Waals surface area (Å²) >= 11 is 0. The van der Waals surface area contributed by atoms with Gasteiger partial charge in [-0.15, -0.1) is 0 Å². The van der Waals surface area contributed by atoms with Crippen molar-refractivity contribution >= 4 is 0 Å². The predicted octanol–water partition coefficient (Wildman–Crippen LogP) is 2.21. The summed E-state index contributed by atoms with van der Waals surface area (Å²) in [6.45, 7) is 1.55. The van der Waals surface area contributed by atoms with Crippen LogP contribution >= 0.6 is 0 Å². The number of pyridine rings is 1. The maximum absolute atomic E-state index is 12.5. The van der Waals surface area contributed by atoms with Gasteiger partial charge in [0.15, 0.2) is 5.75 Å². The van der Waals surface area contributed by atoms with Crippen LogP contribution < -0.4 is 4.74 Å². The van der Waals surface area contributed by atoms with Crippen LogP contribution in [0.15, 0.2) is 6.07 Å². The lowest BCUT2D eigenvalue weighted by Crippen LogP contribution is -2.00. The molecule has 0 aromatic carbocycles. The lowest BCUT2D eigenvalue weighted by molar-refractivity contribution is 0.141. The van der Waals surface area contributed by atoms with E-state index >= 15 is 0 Å². The highest BCUT2D eigenvalue weighted by Crippen LogP contribution is 2.30. The molecule has 0 saturated heterocycles. The first kappa shape index (κ1) is 10.4. The number of methoxy groups -OCH3 is 1. The van der Waals surface area contributed by atoms with Crippen LogP contribution in [0, 0.1) is 18.3 Å². The van der Waals surface area contributed by atoms with E-state index in [0.717, 1.165) is 0 Å². The van der Waals surface area contributed by atoms with E-state index in [0.29, 0.717) is 5.69 Å². The van der Waals surface area contributed by atoms with Crippen LogP contribution in [0.4, 0.5) is 8.78 Å². The van der Waals surface area contributed by atoms with Crippen LogP contribution in [-0.4, -0.2) is 12.1 Å². The minimum absolute atomic E-state index is 0.0790. The topological polar surface area (TPSA) is 45.9 Å². The lowest BCUT2D eigenvalue weighted by Gasteiger charge is -2.09. The van der Waals surface area contributed by atoms with Gasteiger partial charge in [0.05, 0.1) is 12.7 Å². The number of ether oxygens (including phenoxy) is 1. The van der Waals surface area contributed by atoms with Crippen LogP contribution in [0.2, 0.25) is 0 Å². The molecule has 0 spiro atoms. The Hall–Kier alpha value is -1.70. The molecule has 1 rings (SSSR count). The average molecular weight is 198 g/mol. The third-order valence-electron chi connectivity index (χ3n) is 1.66. The van der Waals surface area contributed by atoms with Crippen molar-refractivity contribution in [2.45, 2.75) is 13.3 Å². The van der Waals surface area contributed by atoms with E-state index in [-0.39, 0.29) is 11.3 Å². The molecule has 0 N–H and O–H groups in total. The number of nitrogens with zero attached hydrogens (tertiary/aromatic N) is 2. The Kier molecular flexibility index (Phi) is 2.97. The molecule has 0 fully saturated rings. The smallest absolute Gasteiger partial charge is 0.284 e. The summed E-state index contributed by atoms with van der Waals surface area (Å²) in [5.74, 6) is -0.145. The second-order valence-corrected chi connectivity index (χ2v) is 2.64. The molecule has 0 bridgehead atoms. The average Bonchev–Trinajstić information content (AvgIpc) is 2.16. The fourth-order valence-corrected chi connectivity index (χ4v) is 1.13. The van der Waals surface area contributed by atoms with E-state index in [4.69, 9.17) is 10.00 Å². The summed E-state index contributed by atoms with van der Waals surface area (Å²) in [6.07, 6.45) is -2.74. The number of hydrogen-bond acceptors (Lipinski definition) is 3. The van der Waals surface area contributed by atoms with Crippen molar-refractivity contribution in [2.75, 3.05) is 7.11 Å². The normalized spacial score (nSPS) is 10.0. The zero-order chi connectivity index (χ0) is 10.7. The molecule has 74 valence electrons. The first-order valence-electron chi connectivity index (χ1n) is 3.84. The van der Waals surface area contributed by atoms with Gasteiger partial charge >= 0.3 is 0 Å². The summed E-state index contributed by atoms with van der Waals surface area (Å²) in [4.78, 5) is 3.63. The number of rotatable bonds is 2. The molecule has 0 aliphatic heterocycles. The molecule has 14 heavy (non-hydrogen) atoms. The number of alkyl halides is 2. The Balaban J connectivity index is 3.41. The Morgan fingerprint density at radius 1 is 1.57 bits per heavy atom. The van der Waals surface area contributed by atoms with Crippen LogP contribution in [-0.2, 0) is 0 Å². The molecule has 1 heterocycles. The van der Waals surface area contributed by atoms with Gasteiger partial charge in [0, 0.05) is 5.69 Å². The monoisotopic (exact) mass is 198 g/mol. The molecule has 0 unspecified atom stereocenters. The Labute approximate surface area is 79.9 Å². The van der Waals surface area contributed by atoms with Crippen LogP contribution in [0.5, 0.6) is 5.75 Å². The maximum atomic E-state index is 12.5. The van der Waals surface area contributed by atoms with E-state index in [2.05, 4.69) is 4.98 Å². The highest BCUT2D eigenvalue weighted by Gasteiger charge is 2.19. The van der Waals surface area contributed by atoms with Crippen molar-refractivity contribution in [1.29, 1.82) is 5.26 Å². The molecular weight excluding hydrogens is 190 g/mol. The fraction of sp³-hybridized carbons (Fsp3) is 0.333. The van der Waals surface area contributed by atoms with Crippen molar-refractivity contribution in [2.24, 2.45) is 0 Å². The van der Waals surface area contributed by atoms with Crippen molar-refractivity contribution in [1.82, 2.24) is 4.98 Å². The Morgan fingerprint density at radius 2 is 2.21 bits per heavy atom. The highest BCUT2D eigenvalue weighted by atomic mass is 19.3. The van der Waals surface area contributed by atoms with Gasteiger partial charge in [-0.3, -0.25) is 0 Å². The van der Waals surface area contributed by atoms with Crippen molar-refractivity contribution in [3.8, 4) is 11.8 Å². The molecule has 0 atom stereocenters. The zero-order valence-electron chi connectivity index (χ0n) is 7.71. The van der Waals surface area contributed by atoms with Gasteiger partial charge in [-0.1, -0.05) is 0 Å². The summed E-state index contributed by atoms with van der Waals surface area (Å²) in [5, 5.41) is 8.68. The predicted molar refractivity (Wildman–Crippen MR) is 45.2 cm³/mol. The number of aromatic nitrogens is 1. The third kappa shape index (κ3) is 1.79. The standard InChI is InChI=1S/C9H8F2N2O/c1-5-3-6(4-12)8(14-2)7(13-5)9(10)11/h3,9H,1-2H3. The SMILES string of the molecule is COc1c(C#N)cc(C)nc1C(F)F. The first-order valence-corrected chi connectivity index (χ1v) is 3.84. The number of halogens is 2. The Morgan fingerprint density at radius 3 is 2.64 bits per heavy atom. The quantitative estimate of drug-likeness (QED) is 0.731. The zero-order valence-corrected chi connectivity index (χ0v) is 7.71. The molecular formula is C9H8F2N2O. The minimum atomic E-state index is -2.74. The van der Waals surface area contributed by atoms with Gasteiger partial charge in [0.2, 0.25) is 0 Å². The van der Waals surface area contributed by atoms with Gasteiger partial charge in [-0.2, -0.15) is 5.26 Å². The molecule has 5 heteroatoms. The molecule has 0 aliphatic carbocycles. The second-order valence-electron chi connectivity index (χ2n) is 2.64. The van der Waals surface area contributed by atoms with Crippen molar-refractivity contribution in [3.63, 3.8) is 0 Å². The number of aryl methyl sites for hydroxylation is 1. The summed E-state index contributed by atoms with van der Waals surface area (Å²) in [6, 6.07) is 3.19. The van der Waals surface area contributed by atoms with E-state index in [1.165, 1.54) is 13.2 Å².